The smallest absolute Gasteiger partial charge is 0.160 e. The third-order valence-electron chi connectivity index (χ3n) is 11.6. The van der Waals surface area contributed by atoms with Crippen molar-refractivity contribution < 1.29 is 0 Å². The van der Waals surface area contributed by atoms with Crippen LogP contribution in [-0.2, 0) is 5.41 Å². The Kier molecular flexibility index (Phi) is 7.20. The second kappa shape index (κ2) is 12.4. The summed E-state index contributed by atoms with van der Waals surface area (Å²) in [5.41, 5.74) is 13.8. The molecule has 11 rings (SSSR count). The number of thiophene rings is 1. The van der Waals surface area contributed by atoms with Crippen molar-refractivity contribution in [1.29, 1.82) is 0 Å². The molecule has 3 heteroatoms. The molecule has 0 spiro atoms. The van der Waals surface area contributed by atoms with E-state index >= 15 is 0 Å². The van der Waals surface area contributed by atoms with Gasteiger partial charge in [0.1, 0.15) is 0 Å². The maximum Gasteiger partial charge on any atom is 0.160 e. The largest absolute Gasteiger partial charge is 0.228 e. The average Bonchev–Trinajstić information content (AvgIpc) is 3.76. The first-order valence-corrected chi connectivity index (χ1v) is 19.6. The van der Waals surface area contributed by atoms with Gasteiger partial charge in [-0.15, -0.1) is 11.3 Å². The number of hydrogen-bond acceptors (Lipinski definition) is 3. The molecule has 0 bridgehead atoms. The number of benzene rings is 8. The fourth-order valence-electron chi connectivity index (χ4n) is 8.85. The highest BCUT2D eigenvalue weighted by molar-refractivity contribution is 7.25. The maximum absolute atomic E-state index is 5.26. The summed E-state index contributed by atoms with van der Waals surface area (Å²) in [6.45, 7) is 2.38. The Morgan fingerprint density at radius 1 is 0.382 bits per heavy atom. The third kappa shape index (κ3) is 5.01. The number of fused-ring (bicyclic) bond motifs is 7. The Morgan fingerprint density at radius 2 is 0.982 bits per heavy atom. The minimum absolute atomic E-state index is 0.261. The van der Waals surface area contributed by atoms with E-state index in [9.17, 15) is 0 Å². The average molecular weight is 719 g/mol. The lowest BCUT2D eigenvalue weighted by Gasteiger charge is -2.28. The van der Waals surface area contributed by atoms with Gasteiger partial charge in [-0.05, 0) is 80.9 Å². The number of rotatable bonds is 5. The Hall–Kier alpha value is -6.68. The van der Waals surface area contributed by atoms with Crippen molar-refractivity contribution in [2.45, 2.75) is 12.3 Å². The zero-order chi connectivity index (χ0) is 36.5. The highest BCUT2D eigenvalue weighted by atomic mass is 32.1. The van der Waals surface area contributed by atoms with Gasteiger partial charge in [0.25, 0.3) is 0 Å². The Morgan fingerprint density at radius 3 is 1.82 bits per heavy atom. The first-order valence-electron chi connectivity index (χ1n) is 18.8. The van der Waals surface area contributed by atoms with Crippen molar-refractivity contribution in [1.82, 2.24) is 9.97 Å². The lowest BCUT2D eigenvalue weighted by molar-refractivity contribution is 0.714. The summed E-state index contributed by atoms with van der Waals surface area (Å²) < 4.78 is 2.56. The van der Waals surface area contributed by atoms with E-state index in [4.69, 9.17) is 9.97 Å². The minimum atomic E-state index is -0.261. The van der Waals surface area contributed by atoms with Gasteiger partial charge in [0.2, 0.25) is 0 Å². The normalized spacial score (nSPS) is 14.7. The summed E-state index contributed by atoms with van der Waals surface area (Å²) in [4.78, 5) is 10.5. The van der Waals surface area contributed by atoms with Crippen molar-refractivity contribution in [3.05, 3.63) is 205 Å². The molecule has 1 unspecified atom stereocenters. The molecule has 0 N–H and O–H groups in total. The molecule has 0 amide bonds. The molecule has 10 aromatic rings. The SMILES string of the molecule is CC1(c2ccccc2)c2ccccc2-c2ccc(-c3ccc(-c4cc(-c5ccc6c(c5)sc5ccccc56)nc(-c5ccccc5)n4)c4ccccc34)cc21. The molecular formula is C52H34N2S. The fourth-order valence-corrected chi connectivity index (χ4v) is 10.00. The van der Waals surface area contributed by atoms with E-state index in [1.807, 2.05) is 17.4 Å². The van der Waals surface area contributed by atoms with Gasteiger partial charge in [-0.1, -0.05) is 164 Å². The lowest BCUT2D eigenvalue weighted by Crippen LogP contribution is -2.22. The highest BCUT2D eigenvalue weighted by Crippen LogP contribution is 2.53. The summed E-state index contributed by atoms with van der Waals surface area (Å²) in [7, 11) is 0. The molecule has 2 nitrogen and oxygen atoms in total. The minimum Gasteiger partial charge on any atom is -0.228 e. The first-order chi connectivity index (χ1) is 27.1. The van der Waals surface area contributed by atoms with Crippen molar-refractivity contribution in [2.24, 2.45) is 0 Å². The van der Waals surface area contributed by atoms with Gasteiger partial charge in [-0.25, -0.2) is 9.97 Å². The number of aromatic nitrogens is 2. The maximum atomic E-state index is 5.26. The van der Waals surface area contributed by atoms with Crippen LogP contribution >= 0.6 is 11.3 Å². The quantitative estimate of drug-likeness (QED) is 0.177. The van der Waals surface area contributed by atoms with Crippen LogP contribution < -0.4 is 0 Å². The van der Waals surface area contributed by atoms with Crippen molar-refractivity contribution >= 4 is 42.3 Å². The highest BCUT2D eigenvalue weighted by Gasteiger charge is 2.40. The molecule has 1 atom stereocenters. The van der Waals surface area contributed by atoms with E-state index < -0.39 is 0 Å². The second-order valence-corrected chi connectivity index (χ2v) is 15.7. The molecule has 1 aliphatic rings. The van der Waals surface area contributed by atoms with Crippen LogP contribution in [0.5, 0.6) is 0 Å². The fraction of sp³-hybridized carbons (Fsp3) is 0.0385. The van der Waals surface area contributed by atoms with Crippen molar-refractivity contribution in [3.8, 4) is 56.2 Å². The molecule has 55 heavy (non-hydrogen) atoms. The Bertz CT molecular complexity index is 3110. The molecule has 0 aliphatic heterocycles. The summed E-state index contributed by atoms with van der Waals surface area (Å²) in [6.07, 6.45) is 0. The van der Waals surface area contributed by atoms with E-state index in [2.05, 4.69) is 189 Å². The van der Waals surface area contributed by atoms with E-state index in [1.165, 1.54) is 69.9 Å². The van der Waals surface area contributed by atoms with E-state index in [0.717, 1.165) is 33.9 Å². The predicted molar refractivity (Wildman–Crippen MR) is 232 cm³/mol. The van der Waals surface area contributed by atoms with Crippen LogP contribution in [0.1, 0.15) is 23.6 Å². The summed E-state index contributed by atoms with van der Waals surface area (Å²) >= 11 is 1.83. The van der Waals surface area contributed by atoms with Crippen LogP contribution in [0.3, 0.4) is 0 Å². The molecule has 0 saturated carbocycles. The van der Waals surface area contributed by atoms with Gasteiger partial charge >= 0.3 is 0 Å². The summed E-state index contributed by atoms with van der Waals surface area (Å²) in [6, 6.07) is 68.1. The van der Waals surface area contributed by atoms with Gasteiger partial charge in [-0.2, -0.15) is 0 Å². The summed E-state index contributed by atoms with van der Waals surface area (Å²) in [5, 5.41) is 4.94. The standard InChI is InChI=1S/C52H34N2S/c1-52(36-16-6-3-7-17-36)45-22-12-10-20-40(45)41-26-24-34(30-46(41)52)37-28-29-42(39-19-9-8-18-38(37)39)48-32-47(53-51(54-48)33-14-4-2-5-15-33)35-25-27-44-43-21-11-13-23-49(43)55-50(44)31-35/h2-32H,1H3. The van der Waals surface area contributed by atoms with Crippen molar-refractivity contribution in [3.63, 3.8) is 0 Å². The van der Waals surface area contributed by atoms with Gasteiger partial charge < -0.3 is 0 Å². The third-order valence-corrected chi connectivity index (χ3v) is 12.7. The van der Waals surface area contributed by atoms with Gasteiger partial charge in [0, 0.05) is 42.3 Å². The van der Waals surface area contributed by atoms with Crippen molar-refractivity contribution in [2.75, 3.05) is 0 Å². The number of hydrogen-bond donors (Lipinski definition) is 0. The van der Waals surface area contributed by atoms with E-state index in [-0.39, 0.29) is 5.41 Å². The summed E-state index contributed by atoms with van der Waals surface area (Å²) in [5.74, 6) is 0.719. The van der Waals surface area contributed by atoms with Gasteiger partial charge in [-0.3, -0.25) is 0 Å². The molecule has 0 radical (unpaired) electrons. The zero-order valence-corrected chi connectivity index (χ0v) is 31.0. The van der Waals surface area contributed by atoms with Gasteiger partial charge in [0.05, 0.1) is 11.4 Å². The second-order valence-electron chi connectivity index (χ2n) is 14.6. The van der Waals surface area contributed by atoms with Crippen LogP contribution in [-0.4, -0.2) is 9.97 Å². The van der Waals surface area contributed by atoms with Crippen LogP contribution in [0.2, 0.25) is 0 Å². The number of nitrogens with zero attached hydrogens (tertiary/aromatic N) is 2. The molecular weight excluding hydrogens is 685 g/mol. The van der Waals surface area contributed by atoms with E-state index in [0.29, 0.717) is 0 Å². The monoisotopic (exact) mass is 718 g/mol. The topological polar surface area (TPSA) is 25.8 Å². The Labute approximate surface area is 324 Å². The molecule has 258 valence electrons. The zero-order valence-electron chi connectivity index (χ0n) is 30.2. The van der Waals surface area contributed by atoms with E-state index in [1.54, 1.807) is 0 Å². The Balaban J connectivity index is 1.08. The van der Waals surface area contributed by atoms with Crippen LogP contribution in [0.25, 0.3) is 87.1 Å². The molecule has 0 fully saturated rings. The molecule has 2 aromatic heterocycles. The molecule has 8 aromatic carbocycles. The molecule has 1 aliphatic carbocycles. The van der Waals surface area contributed by atoms with Crippen LogP contribution in [0, 0.1) is 0 Å². The van der Waals surface area contributed by atoms with Gasteiger partial charge in [0.15, 0.2) is 5.82 Å². The lowest BCUT2D eigenvalue weighted by atomic mass is 9.74. The predicted octanol–water partition coefficient (Wildman–Crippen LogP) is 14.0. The van der Waals surface area contributed by atoms with Crippen LogP contribution in [0.15, 0.2) is 188 Å². The van der Waals surface area contributed by atoms with Crippen LogP contribution in [0.4, 0.5) is 0 Å². The first kappa shape index (κ1) is 31.8. The molecule has 2 heterocycles. The molecule has 0 saturated heterocycles.